The van der Waals surface area contributed by atoms with Crippen molar-refractivity contribution in [2.45, 2.75) is 40.2 Å². The molecule has 1 nitrogen and oxygen atoms in total. The third-order valence-corrected chi connectivity index (χ3v) is 5.65. The number of hydrogen-bond acceptors (Lipinski definition) is 3. The topological polar surface area (TPSA) is 20.2 Å². The Morgan fingerprint density at radius 3 is 1.70 bits per heavy atom. The summed E-state index contributed by atoms with van der Waals surface area (Å²) in [6.07, 6.45) is 1.54. The highest BCUT2D eigenvalue weighted by atomic mass is 32.2. The van der Waals surface area contributed by atoms with Gasteiger partial charge in [0.05, 0.1) is 10.7 Å². The Morgan fingerprint density at radius 1 is 0.850 bits per heavy atom. The Kier molecular flexibility index (Phi) is 6.51. The number of benzene rings is 2. The molecule has 0 saturated heterocycles. The van der Waals surface area contributed by atoms with Gasteiger partial charge in [-0.05, 0) is 30.7 Å². The van der Waals surface area contributed by atoms with Crippen molar-refractivity contribution in [3.8, 4) is 0 Å². The van der Waals surface area contributed by atoms with E-state index in [4.69, 9.17) is 0 Å². The fourth-order valence-corrected chi connectivity index (χ4v) is 4.49. The van der Waals surface area contributed by atoms with Gasteiger partial charge in [-0.1, -0.05) is 49.7 Å². The van der Waals surface area contributed by atoms with Crippen LogP contribution in [0.2, 0.25) is 0 Å². The fraction of sp³-hybridized carbons (Fsp3) is 0.294. The van der Waals surface area contributed by atoms with Crippen molar-refractivity contribution in [2.24, 2.45) is 0 Å². The first-order valence-corrected chi connectivity index (χ1v) is 8.67. The molecule has 1 unspecified atom stereocenters. The summed E-state index contributed by atoms with van der Waals surface area (Å²) in [4.78, 5) is 2.41. The van der Waals surface area contributed by atoms with Gasteiger partial charge in [-0.15, -0.1) is 23.5 Å². The zero-order valence-electron chi connectivity index (χ0n) is 11.6. The molecule has 3 heteroatoms. The Labute approximate surface area is 129 Å². The van der Waals surface area contributed by atoms with E-state index < -0.39 is 0 Å². The van der Waals surface area contributed by atoms with Gasteiger partial charge in [-0.2, -0.15) is 0 Å². The maximum atomic E-state index is 10.4. The van der Waals surface area contributed by atoms with Gasteiger partial charge in [-0.25, -0.2) is 0 Å². The van der Waals surface area contributed by atoms with Crippen LogP contribution in [0.4, 0.5) is 0 Å². The second kappa shape index (κ2) is 8.40. The van der Waals surface area contributed by atoms with E-state index >= 15 is 0 Å². The molecule has 0 fully saturated rings. The number of thioether (sulfide) groups is 2. The van der Waals surface area contributed by atoms with E-state index in [9.17, 15) is 5.11 Å². The summed E-state index contributed by atoms with van der Waals surface area (Å²) >= 11 is 3.49. The molecule has 0 aliphatic carbocycles. The first kappa shape index (κ1) is 15.5. The van der Waals surface area contributed by atoms with Crippen LogP contribution in [-0.2, 0) is 0 Å². The van der Waals surface area contributed by atoms with E-state index in [2.05, 4.69) is 31.2 Å². The SMILES string of the molecule is CCCC(O)C(Sc1ccccc1)Sc1ccccc1. The van der Waals surface area contributed by atoms with Crippen LogP contribution >= 0.6 is 23.5 Å². The predicted molar refractivity (Wildman–Crippen MR) is 89.3 cm³/mol. The molecule has 0 radical (unpaired) electrons. The molecule has 2 rings (SSSR count). The minimum Gasteiger partial charge on any atom is -0.391 e. The molecule has 0 aromatic heterocycles. The van der Waals surface area contributed by atoms with Crippen molar-refractivity contribution in [3.05, 3.63) is 60.7 Å². The third-order valence-electron chi connectivity index (χ3n) is 2.89. The molecule has 0 heterocycles. The van der Waals surface area contributed by atoms with Crippen LogP contribution in [0.3, 0.4) is 0 Å². The van der Waals surface area contributed by atoms with E-state index in [1.54, 1.807) is 23.5 Å². The monoisotopic (exact) mass is 304 g/mol. The minimum absolute atomic E-state index is 0.125. The van der Waals surface area contributed by atoms with Crippen molar-refractivity contribution >= 4 is 23.5 Å². The molecule has 2 aromatic rings. The summed E-state index contributed by atoms with van der Waals surface area (Å²) in [5.74, 6) is 0. The van der Waals surface area contributed by atoms with Crippen LogP contribution < -0.4 is 0 Å². The summed E-state index contributed by atoms with van der Waals surface area (Å²) in [6, 6.07) is 20.6. The lowest BCUT2D eigenvalue weighted by Gasteiger charge is -2.21. The van der Waals surface area contributed by atoms with Crippen LogP contribution in [0.1, 0.15) is 19.8 Å². The molecule has 0 saturated carbocycles. The molecule has 20 heavy (non-hydrogen) atoms. The van der Waals surface area contributed by atoms with E-state index in [0.717, 1.165) is 12.8 Å². The lowest BCUT2D eigenvalue weighted by molar-refractivity contribution is 0.180. The number of rotatable bonds is 7. The summed E-state index contributed by atoms with van der Waals surface area (Å²) < 4.78 is 0.125. The maximum Gasteiger partial charge on any atom is 0.0855 e. The molecule has 0 spiro atoms. The van der Waals surface area contributed by atoms with Crippen LogP contribution in [0.5, 0.6) is 0 Å². The quantitative estimate of drug-likeness (QED) is 0.570. The molecule has 106 valence electrons. The van der Waals surface area contributed by atoms with Crippen LogP contribution in [0, 0.1) is 0 Å². The molecule has 0 aliphatic heterocycles. The van der Waals surface area contributed by atoms with Gasteiger partial charge in [0.2, 0.25) is 0 Å². The van der Waals surface area contributed by atoms with Crippen molar-refractivity contribution < 1.29 is 5.11 Å². The highest BCUT2D eigenvalue weighted by Gasteiger charge is 2.21. The van der Waals surface area contributed by atoms with Crippen molar-refractivity contribution in [1.29, 1.82) is 0 Å². The highest BCUT2D eigenvalue weighted by molar-refractivity contribution is 8.17. The third kappa shape index (κ3) is 4.89. The minimum atomic E-state index is -0.296. The standard InChI is InChI=1S/C17H20OS2/c1-2-9-16(18)17(19-14-10-5-3-6-11-14)20-15-12-7-4-8-13-15/h3-8,10-13,16-18H,2,9H2,1H3. The van der Waals surface area contributed by atoms with Crippen LogP contribution in [0.15, 0.2) is 70.5 Å². The van der Waals surface area contributed by atoms with Gasteiger partial charge < -0.3 is 5.11 Å². The van der Waals surface area contributed by atoms with Gasteiger partial charge >= 0.3 is 0 Å². The lowest BCUT2D eigenvalue weighted by Crippen LogP contribution is -2.19. The first-order chi connectivity index (χ1) is 9.79. The normalized spacial score (nSPS) is 12.6. The van der Waals surface area contributed by atoms with Crippen molar-refractivity contribution in [2.75, 3.05) is 0 Å². The summed E-state index contributed by atoms with van der Waals surface area (Å²) in [7, 11) is 0. The maximum absolute atomic E-state index is 10.4. The Hall–Kier alpha value is -0.900. The smallest absolute Gasteiger partial charge is 0.0855 e. The second-order valence-electron chi connectivity index (χ2n) is 4.59. The highest BCUT2D eigenvalue weighted by Crippen LogP contribution is 2.38. The summed E-state index contributed by atoms with van der Waals surface area (Å²) in [6.45, 7) is 2.11. The Balaban J connectivity index is 2.08. The fourth-order valence-electron chi connectivity index (χ4n) is 1.88. The van der Waals surface area contributed by atoms with E-state index in [0.29, 0.717) is 0 Å². The molecule has 0 amide bonds. The lowest BCUT2D eigenvalue weighted by atomic mass is 10.2. The molecule has 1 N–H and O–H groups in total. The second-order valence-corrected chi connectivity index (χ2v) is 7.31. The molecule has 0 bridgehead atoms. The molecular weight excluding hydrogens is 284 g/mol. The summed E-state index contributed by atoms with van der Waals surface area (Å²) in [5.41, 5.74) is 0. The zero-order chi connectivity index (χ0) is 14.2. The number of hydrogen-bond donors (Lipinski definition) is 1. The predicted octanol–water partition coefficient (Wildman–Crippen LogP) is 5.06. The van der Waals surface area contributed by atoms with Gasteiger partial charge in [0.15, 0.2) is 0 Å². The summed E-state index contributed by atoms with van der Waals surface area (Å²) in [5, 5.41) is 10.4. The zero-order valence-corrected chi connectivity index (χ0v) is 13.2. The number of aliphatic hydroxyl groups excluding tert-OH is 1. The van der Waals surface area contributed by atoms with Crippen molar-refractivity contribution in [1.82, 2.24) is 0 Å². The van der Waals surface area contributed by atoms with Crippen molar-refractivity contribution in [3.63, 3.8) is 0 Å². The van der Waals surface area contributed by atoms with Gasteiger partial charge in [-0.3, -0.25) is 0 Å². The average Bonchev–Trinajstić information content (AvgIpc) is 2.49. The Morgan fingerprint density at radius 2 is 1.30 bits per heavy atom. The van der Waals surface area contributed by atoms with Crippen LogP contribution in [-0.4, -0.2) is 15.8 Å². The molecule has 1 atom stereocenters. The van der Waals surface area contributed by atoms with Gasteiger partial charge in [0.1, 0.15) is 0 Å². The van der Waals surface area contributed by atoms with Gasteiger partial charge in [0, 0.05) is 9.79 Å². The van der Waals surface area contributed by atoms with Crippen LogP contribution in [0.25, 0.3) is 0 Å². The molecule has 0 aliphatic rings. The van der Waals surface area contributed by atoms with E-state index in [1.165, 1.54) is 9.79 Å². The molecular formula is C17H20OS2. The number of aliphatic hydroxyl groups is 1. The Bertz CT molecular complexity index is 445. The van der Waals surface area contributed by atoms with Gasteiger partial charge in [0.25, 0.3) is 0 Å². The first-order valence-electron chi connectivity index (χ1n) is 6.91. The molecule has 2 aromatic carbocycles. The van der Waals surface area contributed by atoms with E-state index in [-0.39, 0.29) is 10.7 Å². The van der Waals surface area contributed by atoms with E-state index in [1.807, 2.05) is 36.4 Å². The largest absolute Gasteiger partial charge is 0.391 e. The average molecular weight is 304 g/mol.